The third-order valence-electron chi connectivity index (χ3n) is 6.35. The number of hydrogen-bond acceptors (Lipinski definition) is 3. The molecule has 0 aliphatic carbocycles. The lowest BCUT2D eigenvalue weighted by molar-refractivity contribution is -0.135. The summed E-state index contributed by atoms with van der Waals surface area (Å²) in [6.07, 6.45) is 5.43. The standard InChI is InChI=1S/C22H35N3O/c1-4-20-9-5-6-12-25(20)22(26)11-13-23-14-16-24(17-15-23)21-10-7-8-18(2)19(21)3/h7-8,10,20H,4-6,9,11-17H2,1-3H3. The Morgan fingerprint density at radius 2 is 1.85 bits per heavy atom. The molecule has 1 amide bonds. The van der Waals surface area contributed by atoms with Gasteiger partial charge in [-0.1, -0.05) is 19.1 Å². The molecule has 2 aliphatic rings. The van der Waals surface area contributed by atoms with Crippen LogP contribution in [0.1, 0.15) is 50.2 Å². The first-order chi connectivity index (χ1) is 12.6. The van der Waals surface area contributed by atoms with Gasteiger partial charge in [0.15, 0.2) is 0 Å². The van der Waals surface area contributed by atoms with Crippen LogP contribution in [0.25, 0.3) is 0 Å². The quantitative estimate of drug-likeness (QED) is 0.805. The van der Waals surface area contributed by atoms with Crippen LogP contribution in [0, 0.1) is 13.8 Å². The number of nitrogens with zero attached hydrogens (tertiary/aromatic N) is 3. The largest absolute Gasteiger partial charge is 0.369 e. The van der Waals surface area contributed by atoms with Gasteiger partial charge in [-0.2, -0.15) is 0 Å². The van der Waals surface area contributed by atoms with Crippen molar-refractivity contribution in [1.29, 1.82) is 0 Å². The molecule has 1 unspecified atom stereocenters. The van der Waals surface area contributed by atoms with E-state index in [1.54, 1.807) is 0 Å². The average molecular weight is 358 g/mol. The smallest absolute Gasteiger partial charge is 0.224 e. The monoisotopic (exact) mass is 357 g/mol. The third kappa shape index (κ3) is 4.40. The van der Waals surface area contributed by atoms with Gasteiger partial charge < -0.3 is 9.80 Å². The fraction of sp³-hybridized carbons (Fsp3) is 0.682. The lowest BCUT2D eigenvalue weighted by Crippen LogP contribution is -2.48. The molecular weight excluding hydrogens is 322 g/mol. The van der Waals surface area contributed by atoms with Gasteiger partial charge in [0.25, 0.3) is 0 Å². The summed E-state index contributed by atoms with van der Waals surface area (Å²) in [6.45, 7) is 12.7. The van der Waals surface area contributed by atoms with Gasteiger partial charge in [-0.25, -0.2) is 0 Å². The maximum atomic E-state index is 12.7. The molecule has 0 spiro atoms. The molecule has 0 N–H and O–H groups in total. The highest BCUT2D eigenvalue weighted by atomic mass is 16.2. The van der Waals surface area contributed by atoms with Crippen molar-refractivity contribution >= 4 is 11.6 Å². The van der Waals surface area contributed by atoms with Crippen molar-refractivity contribution in [2.24, 2.45) is 0 Å². The number of piperidine rings is 1. The molecule has 4 nitrogen and oxygen atoms in total. The minimum Gasteiger partial charge on any atom is -0.369 e. The first-order valence-corrected chi connectivity index (χ1v) is 10.4. The van der Waals surface area contributed by atoms with Gasteiger partial charge in [0.05, 0.1) is 0 Å². The third-order valence-corrected chi connectivity index (χ3v) is 6.35. The van der Waals surface area contributed by atoms with E-state index in [9.17, 15) is 4.79 Å². The Balaban J connectivity index is 1.47. The summed E-state index contributed by atoms with van der Waals surface area (Å²) in [5.41, 5.74) is 4.13. The van der Waals surface area contributed by atoms with Crippen molar-refractivity contribution in [2.45, 2.75) is 58.9 Å². The molecule has 4 heteroatoms. The highest BCUT2D eigenvalue weighted by molar-refractivity contribution is 5.76. The Morgan fingerprint density at radius 1 is 1.08 bits per heavy atom. The Bertz CT molecular complexity index is 607. The van der Waals surface area contributed by atoms with Gasteiger partial charge in [0.1, 0.15) is 0 Å². The second kappa shape index (κ2) is 8.90. The molecule has 0 aromatic heterocycles. The van der Waals surface area contributed by atoms with E-state index in [0.717, 1.165) is 45.7 Å². The molecule has 26 heavy (non-hydrogen) atoms. The lowest BCUT2D eigenvalue weighted by atomic mass is 9.99. The van der Waals surface area contributed by atoms with Crippen molar-refractivity contribution < 1.29 is 4.79 Å². The van der Waals surface area contributed by atoms with Crippen molar-refractivity contribution in [1.82, 2.24) is 9.80 Å². The fourth-order valence-electron chi connectivity index (χ4n) is 4.44. The summed E-state index contributed by atoms with van der Waals surface area (Å²) < 4.78 is 0. The van der Waals surface area contributed by atoms with E-state index in [0.29, 0.717) is 18.4 Å². The maximum absolute atomic E-state index is 12.7. The summed E-state index contributed by atoms with van der Waals surface area (Å²) >= 11 is 0. The van der Waals surface area contributed by atoms with E-state index in [1.807, 2.05) is 0 Å². The predicted octanol–water partition coefficient (Wildman–Crippen LogP) is 3.61. The number of carbonyl (C=O) groups is 1. The number of anilines is 1. The van der Waals surface area contributed by atoms with Crippen molar-refractivity contribution in [3.8, 4) is 0 Å². The van der Waals surface area contributed by atoms with Gasteiger partial charge in [0, 0.05) is 57.4 Å². The van der Waals surface area contributed by atoms with Crippen LogP contribution < -0.4 is 4.90 Å². The number of rotatable bonds is 5. The van der Waals surface area contributed by atoms with E-state index in [-0.39, 0.29) is 0 Å². The normalized spacial score (nSPS) is 21.9. The number of piperazine rings is 1. The van der Waals surface area contributed by atoms with Crippen molar-refractivity contribution in [3.05, 3.63) is 29.3 Å². The Morgan fingerprint density at radius 3 is 2.58 bits per heavy atom. The van der Waals surface area contributed by atoms with Crippen molar-refractivity contribution in [3.63, 3.8) is 0 Å². The SMILES string of the molecule is CCC1CCCCN1C(=O)CCN1CCN(c2cccc(C)c2C)CC1. The molecular formula is C22H35N3O. The molecule has 1 aromatic rings. The second-order valence-electron chi connectivity index (χ2n) is 7.94. The minimum atomic E-state index is 0.369. The topological polar surface area (TPSA) is 26.8 Å². The number of hydrogen-bond donors (Lipinski definition) is 0. The first kappa shape index (κ1) is 19.2. The van der Waals surface area contributed by atoms with Gasteiger partial charge in [-0.05, 0) is 56.7 Å². The molecule has 1 atom stereocenters. The van der Waals surface area contributed by atoms with E-state index in [1.165, 1.54) is 36.1 Å². The zero-order valence-corrected chi connectivity index (χ0v) is 16.8. The van der Waals surface area contributed by atoms with Crippen LogP contribution in [0.3, 0.4) is 0 Å². The van der Waals surface area contributed by atoms with E-state index in [2.05, 4.69) is 53.7 Å². The fourth-order valence-corrected chi connectivity index (χ4v) is 4.44. The Hall–Kier alpha value is -1.55. The maximum Gasteiger partial charge on any atom is 0.224 e. The van der Waals surface area contributed by atoms with Crippen LogP contribution in [0.2, 0.25) is 0 Å². The molecule has 1 aromatic carbocycles. The molecule has 2 saturated heterocycles. The summed E-state index contributed by atoms with van der Waals surface area (Å²) in [5, 5.41) is 0. The summed E-state index contributed by atoms with van der Waals surface area (Å²) in [5.74, 6) is 0.369. The molecule has 0 radical (unpaired) electrons. The molecule has 2 heterocycles. The van der Waals surface area contributed by atoms with Gasteiger partial charge >= 0.3 is 0 Å². The molecule has 2 aliphatic heterocycles. The number of amides is 1. The van der Waals surface area contributed by atoms with E-state index < -0.39 is 0 Å². The molecule has 3 rings (SSSR count). The summed E-state index contributed by atoms with van der Waals surface area (Å²) in [6, 6.07) is 7.07. The van der Waals surface area contributed by atoms with Crippen LogP contribution in [-0.2, 0) is 4.79 Å². The summed E-state index contributed by atoms with van der Waals surface area (Å²) in [7, 11) is 0. The highest BCUT2D eigenvalue weighted by Crippen LogP contribution is 2.24. The summed E-state index contributed by atoms with van der Waals surface area (Å²) in [4.78, 5) is 19.8. The van der Waals surface area contributed by atoms with Crippen LogP contribution in [0.15, 0.2) is 18.2 Å². The Kier molecular flexibility index (Phi) is 6.58. The zero-order valence-electron chi connectivity index (χ0n) is 16.8. The van der Waals surface area contributed by atoms with Gasteiger partial charge in [-0.15, -0.1) is 0 Å². The van der Waals surface area contributed by atoms with E-state index >= 15 is 0 Å². The highest BCUT2D eigenvalue weighted by Gasteiger charge is 2.26. The van der Waals surface area contributed by atoms with Crippen LogP contribution >= 0.6 is 0 Å². The number of aryl methyl sites for hydroxylation is 1. The van der Waals surface area contributed by atoms with E-state index in [4.69, 9.17) is 0 Å². The van der Waals surface area contributed by atoms with Crippen molar-refractivity contribution in [2.75, 3.05) is 44.2 Å². The first-order valence-electron chi connectivity index (χ1n) is 10.4. The van der Waals surface area contributed by atoms with Crippen LogP contribution in [0.4, 0.5) is 5.69 Å². The molecule has 2 fully saturated rings. The Labute approximate surface area is 159 Å². The molecule has 0 bridgehead atoms. The lowest BCUT2D eigenvalue weighted by Gasteiger charge is -2.38. The predicted molar refractivity (Wildman–Crippen MR) is 109 cm³/mol. The molecule has 0 saturated carbocycles. The van der Waals surface area contributed by atoms with Crippen LogP contribution in [0.5, 0.6) is 0 Å². The number of carbonyl (C=O) groups excluding carboxylic acids is 1. The molecule has 144 valence electrons. The average Bonchev–Trinajstić information content (AvgIpc) is 2.68. The zero-order chi connectivity index (χ0) is 18.5. The van der Waals surface area contributed by atoms with Gasteiger partial charge in [-0.3, -0.25) is 9.69 Å². The minimum absolute atomic E-state index is 0.369. The van der Waals surface area contributed by atoms with Crippen LogP contribution in [-0.4, -0.2) is 61.0 Å². The number of likely N-dealkylation sites (tertiary alicyclic amines) is 1. The number of benzene rings is 1. The van der Waals surface area contributed by atoms with Gasteiger partial charge in [0.2, 0.25) is 5.91 Å². The second-order valence-corrected chi connectivity index (χ2v) is 7.94.